The Morgan fingerprint density at radius 2 is 2.00 bits per heavy atom. The third-order valence-corrected chi connectivity index (χ3v) is 1.80. The Kier molecular flexibility index (Phi) is 2.28. The topological polar surface area (TPSA) is 46.3 Å². The molecule has 0 fully saturated rings. The third-order valence-electron chi connectivity index (χ3n) is 1.80. The molecule has 0 saturated carbocycles. The smallest absolute Gasteiger partial charge is 0.226 e. The van der Waals surface area contributed by atoms with E-state index in [9.17, 15) is 4.39 Å². The predicted octanol–water partition coefficient (Wildman–Crippen LogP) is 1.97. The highest BCUT2D eigenvalue weighted by molar-refractivity contribution is 5.52. The molecule has 0 radical (unpaired) electrons. The zero-order valence-corrected chi connectivity index (χ0v) is 7.27. The molecule has 72 valence electrons. The molecule has 0 spiro atoms. The summed E-state index contributed by atoms with van der Waals surface area (Å²) in [5, 5.41) is 8.75. The largest absolute Gasteiger partial charge is 0.439 e. The van der Waals surface area contributed by atoms with E-state index < -0.39 is 0 Å². The van der Waals surface area contributed by atoms with Crippen molar-refractivity contribution in [2.75, 3.05) is 0 Å². The van der Waals surface area contributed by atoms with Gasteiger partial charge in [-0.3, -0.25) is 0 Å². The Morgan fingerprint density at radius 3 is 2.57 bits per heavy atom. The number of hydrogen-bond donors (Lipinski definition) is 1. The summed E-state index contributed by atoms with van der Waals surface area (Å²) in [7, 11) is 0. The van der Waals surface area contributed by atoms with E-state index in [1.165, 1.54) is 18.3 Å². The Bertz CT molecular complexity index is 422. The van der Waals surface area contributed by atoms with Gasteiger partial charge < -0.3 is 9.52 Å². The maximum Gasteiger partial charge on any atom is 0.226 e. The average molecular weight is 193 g/mol. The summed E-state index contributed by atoms with van der Waals surface area (Å²) in [6.07, 6.45) is 1.44. The highest BCUT2D eigenvalue weighted by Gasteiger charge is 2.05. The van der Waals surface area contributed by atoms with E-state index in [0.717, 1.165) is 0 Å². The van der Waals surface area contributed by atoms with Crippen LogP contribution in [0, 0.1) is 5.82 Å². The molecule has 0 aliphatic rings. The molecule has 0 bridgehead atoms. The molecule has 1 N–H and O–H groups in total. The number of nitrogens with zero attached hydrogens (tertiary/aromatic N) is 1. The van der Waals surface area contributed by atoms with Crippen LogP contribution in [0.15, 0.2) is 34.9 Å². The van der Waals surface area contributed by atoms with Gasteiger partial charge in [-0.1, -0.05) is 0 Å². The SMILES string of the molecule is OCc1cnc(-c2ccc(F)cc2)o1. The van der Waals surface area contributed by atoms with Gasteiger partial charge in [-0.15, -0.1) is 0 Å². The lowest BCUT2D eigenvalue weighted by Crippen LogP contribution is -1.78. The van der Waals surface area contributed by atoms with Crippen molar-refractivity contribution in [2.24, 2.45) is 0 Å². The Hall–Kier alpha value is -1.68. The Balaban J connectivity index is 2.34. The number of hydrogen-bond acceptors (Lipinski definition) is 3. The monoisotopic (exact) mass is 193 g/mol. The number of halogens is 1. The lowest BCUT2D eigenvalue weighted by molar-refractivity contribution is 0.248. The molecule has 1 heterocycles. The van der Waals surface area contributed by atoms with Gasteiger partial charge in [0.05, 0.1) is 6.20 Å². The van der Waals surface area contributed by atoms with Crippen LogP contribution in [0.1, 0.15) is 5.76 Å². The number of aromatic nitrogens is 1. The molecule has 4 heteroatoms. The summed E-state index contributed by atoms with van der Waals surface area (Å²) in [5.41, 5.74) is 0.686. The van der Waals surface area contributed by atoms with Gasteiger partial charge in [0.15, 0.2) is 0 Å². The highest BCUT2D eigenvalue weighted by atomic mass is 19.1. The van der Waals surface area contributed by atoms with E-state index >= 15 is 0 Å². The molecule has 0 amide bonds. The number of aliphatic hydroxyl groups excluding tert-OH is 1. The van der Waals surface area contributed by atoms with Gasteiger partial charge in [-0.2, -0.15) is 0 Å². The Labute approximate surface area is 79.8 Å². The van der Waals surface area contributed by atoms with Crippen molar-refractivity contribution < 1.29 is 13.9 Å². The van der Waals surface area contributed by atoms with Gasteiger partial charge in [0.25, 0.3) is 0 Å². The second kappa shape index (κ2) is 3.59. The zero-order valence-electron chi connectivity index (χ0n) is 7.27. The summed E-state index contributed by atoms with van der Waals surface area (Å²) in [5.74, 6) is 0.473. The molecule has 0 aliphatic carbocycles. The van der Waals surface area contributed by atoms with Crippen molar-refractivity contribution in [2.45, 2.75) is 6.61 Å². The van der Waals surface area contributed by atoms with Gasteiger partial charge in [-0.25, -0.2) is 9.37 Å². The van der Waals surface area contributed by atoms with Crippen LogP contribution in [0.3, 0.4) is 0 Å². The van der Waals surface area contributed by atoms with Crippen LogP contribution in [0.4, 0.5) is 4.39 Å². The van der Waals surface area contributed by atoms with Crippen molar-refractivity contribution in [1.29, 1.82) is 0 Å². The summed E-state index contributed by atoms with van der Waals surface area (Å²) in [6.45, 7) is -0.186. The van der Waals surface area contributed by atoms with E-state index in [4.69, 9.17) is 9.52 Å². The predicted molar refractivity (Wildman–Crippen MR) is 47.8 cm³/mol. The fourth-order valence-corrected chi connectivity index (χ4v) is 1.11. The van der Waals surface area contributed by atoms with Gasteiger partial charge >= 0.3 is 0 Å². The third kappa shape index (κ3) is 1.65. The van der Waals surface area contributed by atoms with Crippen LogP contribution >= 0.6 is 0 Å². The van der Waals surface area contributed by atoms with Crippen molar-refractivity contribution in [3.63, 3.8) is 0 Å². The standard InChI is InChI=1S/C10H8FNO2/c11-8-3-1-7(2-4-8)10-12-5-9(6-13)14-10/h1-5,13H,6H2. The maximum absolute atomic E-state index is 12.6. The van der Waals surface area contributed by atoms with Crippen LogP contribution in [0.5, 0.6) is 0 Å². The first kappa shape index (κ1) is 8.90. The molecule has 0 saturated heterocycles. The summed E-state index contributed by atoms with van der Waals surface area (Å²) in [4.78, 5) is 3.94. The number of aliphatic hydroxyl groups is 1. The van der Waals surface area contributed by atoms with Gasteiger partial charge in [0.2, 0.25) is 5.89 Å². The lowest BCUT2D eigenvalue weighted by Gasteiger charge is -1.94. The van der Waals surface area contributed by atoms with E-state index in [2.05, 4.69) is 4.98 Å². The van der Waals surface area contributed by atoms with Crippen molar-refractivity contribution >= 4 is 0 Å². The van der Waals surface area contributed by atoms with Crippen LogP contribution < -0.4 is 0 Å². The average Bonchev–Trinajstić information content (AvgIpc) is 2.67. The van der Waals surface area contributed by atoms with E-state index in [1.54, 1.807) is 12.1 Å². The van der Waals surface area contributed by atoms with Crippen molar-refractivity contribution in [1.82, 2.24) is 4.98 Å². The van der Waals surface area contributed by atoms with Crippen molar-refractivity contribution in [3.8, 4) is 11.5 Å². The molecule has 1 aromatic heterocycles. The van der Waals surface area contributed by atoms with Gasteiger partial charge in [0, 0.05) is 5.56 Å². The Morgan fingerprint density at radius 1 is 1.29 bits per heavy atom. The van der Waals surface area contributed by atoms with Gasteiger partial charge in [-0.05, 0) is 24.3 Å². The highest BCUT2D eigenvalue weighted by Crippen LogP contribution is 2.19. The normalized spacial score (nSPS) is 10.4. The number of oxazole rings is 1. The minimum Gasteiger partial charge on any atom is -0.439 e. The van der Waals surface area contributed by atoms with E-state index in [1.807, 2.05) is 0 Å². The van der Waals surface area contributed by atoms with Crippen LogP contribution in [-0.4, -0.2) is 10.1 Å². The quantitative estimate of drug-likeness (QED) is 0.793. The molecule has 14 heavy (non-hydrogen) atoms. The van der Waals surface area contributed by atoms with Crippen LogP contribution in [-0.2, 0) is 6.61 Å². The summed E-state index contributed by atoms with van der Waals surface area (Å²) < 4.78 is 17.8. The maximum atomic E-state index is 12.6. The number of rotatable bonds is 2. The lowest BCUT2D eigenvalue weighted by atomic mass is 10.2. The molecule has 1 aromatic carbocycles. The number of benzene rings is 1. The second-order valence-electron chi connectivity index (χ2n) is 2.80. The minimum absolute atomic E-state index is 0.186. The van der Waals surface area contributed by atoms with Crippen molar-refractivity contribution in [3.05, 3.63) is 42.0 Å². The van der Waals surface area contributed by atoms with Crippen LogP contribution in [0.2, 0.25) is 0 Å². The molecule has 0 aliphatic heterocycles. The minimum atomic E-state index is -0.303. The fourth-order valence-electron chi connectivity index (χ4n) is 1.11. The molecule has 3 nitrogen and oxygen atoms in total. The molecule has 2 aromatic rings. The first-order valence-electron chi connectivity index (χ1n) is 4.11. The zero-order chi connectivity index (χ0) is 9.97. The second-order valence-corrected chi connectivity index (χ2v) is 2.80. The van der Waals surface area contributed by atoms with E-state index in [-0.39, 0.29) is 12.4 Å². The molecule has 0 unspecified atom stereocenters. The van der Waals surface area contributed by atoms with E-state index in [0.29, 0.717) is 17.2 Å². The molecule has 0 atom stereocenters. The van der Waals surface area contributed by atoms with Gasteiger partial charge in [0.1, 0.15) is 18.2 Å². The first-order chi connectivity index (χ1) is 6.79. The molecular weight excluding hydrogens is 185 g/mol. The van der Waals surface area contributed by atoms with Crippen LogP contribution in [0.25, 0.3) is 11.5 Å². The molecular formula is C10H8FNO2. The summed E-state index contributed by atoms with van der Waals surface area (Å²) in [6, 6.07) is 5.81. The fraction of sp³-hybridized carbons (Fsp3) is 0.100. The first-order valence-corrected chi connectivity index (χ1v) is 4.11. The molecule has 2 rings (SSSR count). The summed E-state index contributed by atoms with van der Waals surface area (Å²) >= 11 is 0.